The van der Waals surface area contributed by atoms with E-state index in [2.05, 4.69) is 71.4 Å². The van der Waals surface area contributed by atoms with Crippen LogP contribution in [0.15, 0.2) is 52.6 Å². The van der Waals surface area contributed by atoms with Crippen molar-refractivity contribution in [1.29, 1.82) is 0 Å². The van der Waals surface area contributed by atoms with Gasteiger partial charge in [-0.15, -0.1) is 0 Å². The summed E-state index contributed by atoms with van der Waals surface area (Å²) in [5.74, 6) is 6.92. The first-order valence-corrected chi connectivity index (χ1v) is 12.0. The van der Waals surface area contributed by atoms with Crippen LogP contribution < -0.4 is 0 Å². The molecule has 128 valence electrons. The first kappa shape index (κ1) is 18.3. The normalized spacial score (nSPS) is 10.6. The molecule has 0 aliphatic carbocycles. The fourth-order valence-corrected chi connectivity index (χ4v) is 5.49. The molecule has 1 heterocycles. The Kier molecular flexibility index (Phi) is 7.23. The summed E-state index contributed by atoms with van der Waals surface area (Å²) in [5.41, 5.74) is 2.60. The minimum atomic E-state index is -0.200. The molecule has 1 heteroatoms. The summed E-state index contributed by atoms with van der Waals surface area (Å²) in [6.45, 7) is 2.27. The van der Waals surface area contributed by atoms with Gasteiger partial charge in [0.05, 0.1) is 0 Å². The van der Waals surface area contributed by atoms with E-state index in [1.54, 1.807) is 0 Å². The molecular weight excluding hydrogens is 416 g/mol. The number of fused-ring (bicyclic) bond motifs is 1. The molecule has 0 nitrogen and oxygen atoms in total. The van der Waals surface area contributed by atoms with Crippen molar-refractivity contribution in [2.45, 2.75) is 51.9 Å². The Bertz CT molecular complexity index is 847. The summed E-state index contributed by atoms with van der Waals surface area (Å²) in [6, 6.07) is 17.7. The second-order valence-electron chi connectivity index (χ2n) is 6.51. The summed E-state index contributed by atoms with van der Waals surface area (Å²) >= 11 is -0.200. The van der Waals surface area contributed by atoms with Crippen LogP contribution in [0.2, 0.25) is 0 Å². The molecule has 0 saturated carbocycles. The van der Waals surface area contributed by atoms with E-state index in [0.29, 0.717) is 0 Å². The molecule has 3 rings (SSSR count). The van der Waals surface area contributed by atoms with Crippen molar-refractivity contribution in [2.75, 3.05) is 0 Å². The van der Waals surface area contributed by atoms with Crippen molar-refractivity contribution in [2.24, 2.45) is 0 Å². The number of unbranched alkanes of at least 4 members (excludes halogenated alkanes) is 6. The Morgan fingerprint density at radius 1 is 0.840 bits per heavy atom. The quantitative estimate of drug-likeness (QED) is 0.218. The SMILES string of the molecule is CCCCCCCCC#Cc1ccc2ccccc2c1-c1ccc[te]1. The minimum absolute atomic E-state index is 0.200. The van der Waals surface area contributed by atoms with E-state index in [4.69, 9.17) is 0 Å². The second-order valence-corrected chi connectivity index (χ2v) is 9.21. The van der Waals surface area contributed by atoms with Gasteiger partial charge in [0, 0.05) is 0 Å². The Morgan fingerprint density at radius 2 is 1.68 bits per heavy atom. The predicted molar refractivity (Wildman–Crippen MR) is 111 cm³/mol. The molecule has 0 fully saturated rings. The van der Waals surface area contributed by atoms with Gasteiger partial charge in [-0.2, -0.15) is 0 Å². The second kappa shape index (κ2) is 9.87. The van der Waals surface area contributed by atoms with E-state index in [0.717, 1.165) is 6.42 Å². The predicted octanol–water partition coefficient (Wildman–Crippen LogP) is 6.67. The average molecular weight is 442 g/mol. The number of rotatable bonds is 7. The molecule has 0 spiro atoms. The molecule has 0 radical (unpaired) electrons. The van der Waals surface area contributed by atoms with Crippen LogP contribution >= 0.6 is 0 Å². The number of hydrogen-bond acceptors (Lipinski definition) is 0. The van der Waals surface area contributed by atoms with E-state index in [1.165, 1.54) is 64.0 Å². The molecule has 3 aromatic rings. The van der Waals surface area contributed by atoms with E-state index in [9.17, 15) is 0 Å². The first-order chi connectivity index (χ1) is 12.4. The molecule has 1 aromatic heterocycles. The molecule has 0 N–H and O–H groups in total. The first-order valence-electron chi connectivity index (χ1n) is 9.44. The van der Waals surface area contributed by atoms with Gasteiger partial charge < -0.3 is 0 Å². The van der Waals surface area contributed by atoms with Crippen molar-refractivity contribution < 1.29 is 0 Å². The molecule has 0 atom stereocenters. The molecule has 0 unspecified atom stereocenters. The fraction of sp³-hybridized carbons (Fsp3) is 0.333. The standard InChI is InChI=1S/C24H26Te/c1-2-3-4-5-6-7-8-9-14-21-18-17-20-13-10-11-15-22(20)24(21)23-16-12-19-25-23/h10-13,15-19H,2-8H2,1H3. The van der Waals surface area contributed by atoms with Crippen molar-refractivity contribution in [3.05, 3.63) is 58.2 Å². The summed E-state index contributed by atoms with van der Waals surface area (Å²) in [4.78, 5) is 0. The summed E-state index contributed by atoms with van der Waals surface area (Å²) < 4.78 is 3.88. The van der Waals surface area contributed by atoms with Gasteiger partial charge in [0.1, 0.15) is 0 Å². The number of hydrogen-bond donors (Lipinski definition) is 0. The van der Waals surface area contributed by atoms with E-state index in [1.807, 2.05) is 0 Å². The zero-order valence-corrected chi connectivity index (χ0v) is 17.4. The zero-order valence-electron chi connectivity index (χ0n) is 15.1. The third-order valence-corrected chi connectivity index (χ3v) is 7.11. The van der Waals surface area contributed by atoms with Crippen LogP contribution in [-0.4, -0.2) is 20.4 Å². The van der Waals surface area contributed by atoms with E-state index in [-0.39, 0.29) is 20.4 Å². The maximum absolute atomic E-state index is 3.49. The van der Waals surface area contributed by atoms with Crippen LogP contribution in [0, 0.1) is 11.8 Å². The Labute approximate surface area is 161 Å². The van der Waals surface area contributed by atoms with Gasteiger partial charge in [-0.05, 0) is 0 Å². The van der Waals surface area contributed by atoms with Crippen LogP contribution in [0.3, 0.4) is 0 Å². The van der Waals surface area contributed by atoms with Crippen LogP contribution in [0.4, 0.5) is 0 Å². The zero-order chi connectivity index (χ0) is 17.3. The monoisotopic (exact) mass is 444 g/mol. The van der Waals surface area contributed by atoms with Crippen LogP contribution in [0.25, 0.3) is 19.9 Å². The molecule has 25 heavy (non-hydrogen) atoms. The van der Waals surface area contributed by atoms with Gasteiger partial charge >= 0.3 is 155 Å². The molecule has 2 aromatic carbocycles. The average Bonchev–Trinajstić information content (AvgIpc) is 3.17. The fourth-order valence-electron chi connectivity index (χ4n) is 3.21. The Hall–Kier alpha value is -1.47. The summed E-state index contributed by atoms with van der Waals surface area (Å²) in [6.07, 6.45) is 9.01. The van der Waals surface area contributed by atoms with Crippen molar-refractivity contribution in [1.82, 2.24) is 0 Å². The molecule has 0 saturated heterocycles. The topological polar surface area (TPSA) is 0 Å². The van der Waals surface area contributed by atoms with Gasteiger partial charge in [-0.1, -0.05) is 6.92 Å². The van der Waals surface area contributed by atoms with Crippen LogP contribution in [0.5, 0.6) is 0 Å². The third kappa shape index (κ3) is 5.01. The number of benzene rings is 2. The van der Waals surface area contributed by atoms with Crippen LogP contribution in [-0.2, 0) is 0 Å². The summed E-state index contributed by atoms with van der Waals surface area (Å²) in [5, 5.41) is 2.67. The third-order valence-electron chi connectivity index (χ3n) is 4.57. The molecule has 0 amide bonds. The van der Waals surface area contributed by atoms with Crippen molar-refractivity contribution in [3.8, 4) is 21.0 Å². The van der Waals surface area contributed by atoms with Gasteiger partial charge in [0.25, 0.3) is 0 Å². The van der Waals surface area contributed by atoms with Crippen LogP contribution in [0.1, 0.15) is 57.4 Å². The molecule has 0 aliphatic rings. The van der Waals surface area contributed by atoms with Crippen molar-refractivity contribution in [3.63, 3.8) is 0 Å². The van der Waals surface area contributed by atoms with Gasteiger partial charge in [0.2, 0.25) is 0 Å². The van der Waals surface area contributed by atoms with E-state index >= 15 is 0 Å². The van der Waals surface area contributed by atoms with Gasteiger partial charge in [0.15, 0.2) is 0 Å². The van der Waals surface area contributed by atoms with Crippen molar-refractivity contribution >= 4 is 31.2 Å². The van der Waals surface area contributed by atoms with Gasteiger partial charge in [-0.25, -0.2) is 0 Å². The maximum atomic E-state index is 3.49. The molecular formula is C24H26Te. The Balaban J connectivity index is 1.76. The van der Waals surface area contributed by atoms with E-state index < -0.39 is 0 Å². The van der Waals surface area contributed by atoms with Gasteiger partial charge in [-0.3, -0.25) is 0 Å². The Morgan fingerprint density at radius 3 is 2.52 bits per heavy atom. The summed E-state index contributed by atoms with van der Waals surface area (Å²) in [7, 11) is 0. The molecule has 0 aliphatic heterocycles. The molecule has 0 bridgehead atoms.